The number of carbonyl (C=O) groups is 1. The zero-order valence-electron chi connectivity index (χ0n) is 12.1. The Hall–Kier alpha value is -1.55. The third kappa shape index (κ3) is 4.23. The Morgan fingerprint density at radius 3 is 2.80 bits per heavy atom. The fourth-order valence-electron chi connectivity index (χ4n) is 2.63. The number of ether oxygens (including phenoxy) is 1. The number of nitrogens with one attached hydrogen (secondary N) is 1. The zero-order valence-corrected chi connectivity index (χ0v) is 12.1. The molecule has 1 aromatic carbocycles. The lowest BCUT2D eigenvalue weighted by atomic mass is 9.86. The first kappa shape index (κ1) is 14.9. The van der Waals surface area contributed by atoms with Gasteiger partial charge in [-0.15, -0.1) is 0 Å². The minimum Gasteiger partial charge on any atom is -0.494 e. The standard InChI is InChI=1S/C16H24N2O2/c1-2-20-15-5-3-4-12(10-15)11-18-16(19)13-6-8-14(17)9-7-13/h3-5,10,13-14H,2,6-9,11,17H2,1H3,(H,18,19). The third-order valence-electron chi connectivity index (χ3n) is 3.82. The molecule has 1 fully saturated rings. The van der Waals surface area contributed by atoms with Crippen molar-refractivity contribution in [2.75, 3.05) is 6.61 Å². The van der Waals surface area contributed by atoms with E-state index in [-0.39, 0.29) is 17.9 Å². The summed E-state index contributed by atoms with van der Waals surface area (Å²) in [5, 5.41) is 3.02. The van der Waals surface area contributed by atoms with Gasteiger partial charge in [0.05, 0.1) is 6.61 Å². The van der Waals surface area contributed by atoms with Crippen LogP contribution in [0.25, 0.3) is 0 Å². The molecule has 110 valence electrons. The maximum absolute atomic E-state index is 12.1. The lowest BCUT2D eigenvalue weighted by Gasteiger charge is -2.25. The van der Waals surface area contributed by atoms with E-state index in [0.717, 1.165) is 37.0 Å². The molecule has 0 aliphatic heterocycles. The second-order valence-corrected chi connectivity index (χ2v) is 5.41. The van der Waals surface area contributed by atoms with Gasteiger partial charge in [0.1, 0.15) is 5.75 Å². The Morgan fingerprint density at radius 2 is 2.10 bits per heavy atom. The molecule has 20 heavy (non-hydrogen) atoms. The molecule has 1 aliphatic rings. The largest absolute Gasteiger partial charge is 0.494 e. The van der Waals surface area contributed by atoms with Crippen LogP contribution in [0, 0.1) is 5.92 Å². The SMILES string of the molecule is CCOc1cccc(CNC(=O)C2CCC(N)CC2)c1. The molecular formula is C16H24N2O2. The molecule has 0 radical (unpaired) electrons. The van der Waals surface area contributed by atoms with E-state index in [1.54, 1.807) is 0 Å². The number of hydrogen-bond acceptors (Lipinski definition) is 3. The molecule has 0 heterocycles. The van der Waals surface area contributed by atoms with E-state index >= 15 is 0 Å². The van der Waals surface area contributed by atoms with Crippen LogP contribution in [0.1, 0.15) is 38.2 Å². The van der Waals surface area contributed by atoms with Crippen molar-refractivity contribution in [3.8, 4) is 5.75 Å². The highest BCUT2D eigenvalue weighted by molar-refractivity contribution is 5.78. The van der Waals surface area contributed by atoms with E-state index in [2.05, 4.69) is 5.32 Å². The van der Waals surface area contributed by atoms with Gasteiger partial charge in [0, 0.05) is 18.5 Å². The average Bonchev–Trinajstić information content (AvgIpc) is 2.46. The number of amides is 1. The second-order valence-electron chi connectivity index (χ2n) is 5.41. The smallest absolute Gasteiger partial charge is 0.223 e. The minimum atomic E-state index is 0.130. The minimum absolute atomic E-state index is 0.130. The highest BCUT2D eigenvalue weighted by atomic mass is 16.5. The van der Waals surface area contributed by atoms with Crippen molar-refractivity contribution < 1.29 is 9.53 Å². The summed E-state index contributed by atoms with van der Waals surface area (Å²) in [6, 6.07) is 8.13. The Kier molecular flexibility index (Phi) is 5.41. The molecule has 0 bridgehead atoms. The van der Waals surface area contributed by atoms with Gasteiger partial charge in [0.25, 0.3) is 0 Å². The van der Waals surface area contributed by atoms with Gasteiger partial charge in [-0.05, 0) is 50.3 Å². The van der Waals surface area contributed by atoms with Crippen LogP contribution >= 0.6 is 0 Å². The highest BCUT2D eigenvalue weighted by Crippen LogP contribution is 2.23. The first-order valence-corrected chi connectivity index (χ1v) is 7.44. The summed E-state index contributed by atoms with van der Waals surface area (Å²) in [5.74, 6) is 1.13. The average molecular weight is 276 g/mol. The van der Waals surface area contributed by atoms with E-state index < -0.39 is 0 Å². The first-order chi connectivity index (χ1) is 9.69. The highest BCUT2D eigenvalue weighted by Gasteiger charge is 2.24. The number of carbonyl (C=O) groups excluding carboxylic acids is 1. The van der Waals surface area contributed by atoms with Crippen molar-refractivity contribution in [3.05, 3.63) is 29.8 Å². The molecule has 1 aliphatic carbocycles. The molecule has 0 atom stereocenters. The van der Waals surface area contributed by atoms with Crippen LogP contribution in [0.4, 0.5) is 0 Å². The molecule has 0 saturated heterocycles. The van der Waals surface area contributed by atoms with Gasteiger partial charge in [0.2, 0.25) is 5.91 Å². The quantitative estimate of drug-likeness (QED) is 0.866. The van der Waals surface area contributed by atoms with Crippen molar-refractivity contribution in [2.24, 2.45) is 11.7 Å². The lowest BCUT2D eigenvalue weighted by molar-refractivity contribution is -0.126. The van der Waals surface area contributed by atoms with Gasteiger partial charge in [-0.3, -0.25) is 4.79 Å². The Labute approximate surface area is 120 Å². The molecule has 3 N–H and O–H groups in total. The molecule has 0 unspecified atom stereocenters. The Bertz CT molecular complexity index is 440. The van der Waals surface area contributed by atoms with Crippen LogP contribution in [0.15, 0.2) is 24.3 Å². The van der Waals surface area contributed by atoms with Crippen LogP contribution in [0.3, 0.4) is 0 Å². The van der Waals surface area contributed by atoms with Gasteiger partial charge < -0.3 is 15.8 Å². The van der Waals surface area contributed by atoms with Crippen LogP contribution in [0.5, 0.6) is 5.75 Å². The van der Waals surface area contributed by atoms with Gasteiger partial charge in [0.15, 0.2) is 0 Å². The van der Waals surface area contributed by atoms with Crippen LogP contribution in [-0.4, -0.2) is 18.6 Å². The van der Waals surface area contributed by atoms with E-state index in [4.69, 9.17) is 10.5 Å². The first-order valence-electron chi connectivity index (χ1n) is 7.44. The Balaban J connectivity index is 1.82. The number of hydrogen-bond donors (Lipinski definition) is 2. The monoisotopic (exact) mass is 276 g/mol. The fourth-order valence-corrected chi connectivity index (χ4v) is 2.63. The van der Waals surface area contributed by atoms with E-state index in [1.807, 2.05) is 31.2 Å². The number of nitrogens with two attached hydrogens (primary N) is 1. The molecular weight excluding hydrogens is 252 g/mol. The summed E-state index contributed by atoms with van der Waals surface area (Å²) in [7, 11) is 0. The number of rotatable bonds is 5. The normalized spacial score (nSPS) is 22.3. The molecule has 4 heteroatoms. The van der Waals surface area contributed by atoms with Gasteiger partial charge >= 0.3 is 0 Å². The molecule has 0 aromatic heterocycles. The van der Waals surface area contributed by atoms with Crippen LogP contribution < -0.4 is 15.8 Å². The summed E-state index contributed by atoms with van der Waals surface area (Å²) in [4.78, 5) is 12.1. The molecule has 1 aromatic rings. The maximum atomic E-state index is 12.1. The number of benzene rings is 1. The predicted molar refractivity (Wildman–Crippen MR) is 79.4 cm³/mol. The molecule has 2 rings (SSSR count). The summed E-state index contributed by atoms with van der Waals surface area (Å²) < 4.78 is 5.45. The van der Waals surface area contributed by atoms with Gasteiger partial charge in [-0.2, -0.15) is 0 Å². The van der Waals surface area contributed by atoms with Crippen molar-refractivity contribution in [1.29, 1.82) is 0 Å². The molecule has 0 spiro atoms. The Morgan fingerprint density at radius 1 is 1.35 bits per heavy atom. The van der Waals surface area contributed by atoms with E-state index in [0.29, 0.717) is 13.2 Å². The molecule has 1 amide bonds. The van der Waals surface area contributed by atoms with Crippen LogP contribution in [0.2, 0.25) is 0 Å². The topological polar surface area (TPSA) is 64.3 Å². The van der Waals surface area contributed by atoms with Crippen molar-refractivity contribution >= 4 is 5.91 Å². The van der Waals surface area contributed by atoms with Crippen molar-refractivity contribution in [2.45, 2.75) is 45.2 Å². The van der Waals surface area contributed by atoms with Crippen molar-refractivity contribution in [1.82, 2.24) is 5.32 Å². The molecule has 1 saturated carbocycles. The van der Waals surface area contributed by atoms with Crippen LogP contribution in [-0.2, 0) is 11.3 Å². The predicted octanol–water partition coefficient (Wildman–Crippen LogP) is 2.22. The summed E-state index contributed by atoms with van der Waals surface area (Å²) >= 11 is 0. The third-order valence-corrected chi connectivity index (χ3v) is 3.82. The molecule has 4 nitrogen and oxygen atoms in total. The maximum Gasteiger partial charge on any atom is 0.223 e. The van der Waals surface area contributed by atoms with Gasteiger partial charge in [-0.1, -0.05) is 12.1 Å². The summed E-state index contributed by atoms with van der Waals surface area (Å²) in [6.45, 7) is 3.17. The zero-order chi connectivity index (χ0) is 14.4. The fraction of sp³-hybridized carbons (Fsp3) is 0.562. The summed E-state index contributed by atoms with van der Waals surface area (Å²) in [5.41, 5.74) is 6.93. The lowest BCUT2D eigenvalue weighted by Crippen LogP contribution is -2.35. The van der Waals surface area contributed by atoms with Gasteiger partial charge in [-0.25, -0.2) is 0 Å². The van der Waals surface area contributed by atoms with Crippen molar-refractivity contribution in [3.63, 3.8) is 0 Å². The second kappa shape index (κ2) is 7.29. The van der Waals surface area contributed by atoms with E-state index in [1.165, 1.54) is 0 Å². The van der Waals surface area contributed by atoms with E-state index in [9.17, 15) is 4.79 Å². The summed E-state index contributed by atoms with van der Waals surface area (Å²) in [6.07, 6.45) is 3.73.